The van der Waals surface area contributed by atoms with Gasteiger partial charge in [-0.1, -0.05) is 80.4 Å². The van der Waals surface area contributed by atoms with E-state index in [1.54, 1.807) is 0 Å². The lowest BCUT2D eigenvalue weighted by molar-refractivity contribution is 0.0225. The van der Waals surface area contributed by atoms with Crippen molar-refractivity contribution in [3.8, 4) is 11.5 Å². The van der Waals surface area contributed by atoms with Crippen LogP contribution in [-0.4, -0.2) is 12.1 Å². The van der Waals surface area contributed by atoms with Gasteiger partial charge in [-0.05, 0) is 35.6 Å². The summed E-state index contributed by atoms with van der Waals surface area (Å²) < 4.78 is 18.0. The molecule has 0 spiro atoms. The van der Waals surface area contributed by atoms with Crippen molar-refractivity contribution in [2.24, 2.45) is 0 Å². The number of ether oxygens (including phenoxy) is 3. The molecule has 1 aliphatic rings. The molecular weight excluding hydrogens is 400 g/mol. The van der Waals surface area contributed by atoms with Gasteiger partial charge in [0.05, 0.1) is 0 Å². The molecule has 3 aromatic carbocycles. The van der Waals surface area contributed by atoms with E-state index in [0.717, 1.165) is 42.4 Å². The highest BCUT2D eigenvalue weighted by atomic mass is 16.5. The first kappa shape index (κ1) is 21.9. The van der Waals surface area contributed by atoms with E-state index in [-0.39, 0.29) is 12.1 Å². The number of rotatable bonds is 10. The maximum Gasteiger partial charge on any atom is 0.342 e. The summed E-state index contributed by atoms with van der Waals surface area (Å²) in [5, 5.41) is 0. The number of unbranched alkanes of at least 4 members (excludes halogenated alkanes) is 2. The summed E-state index contributed by atoms with van der Waals surface area (Å²) in [6.45, 7) is 3.01. The summed E-state index contributed by atoms with van der Waals surface area (Å²) in [6.07, 6.45) is 4.83. The number of esters is 1. The molecule has 32 heavy (non-hydrogen) atoms. The van der Waals surface area contributed by atoms with Crippen molar-refractivity contribution in [1.82, 2.24) is 0 Å². The van der Waals surface area contributed by atoms with Gasteiger partial charge in [0.25, 0.3) is 0 Å². The molecule has 0 saturated heterocycles. The Hall–Kier alpha value is -3.27. The summed E-state index contributed by atoms with van der Waals surface area (Å²) >= 11 is 0. The van der Waals surface area contributed by atoms with Gasteiger partial charge >= 0.3 is 5.97 Å². The van der Waals surface area contributed by atoms with E-state index in [4.69, 9.17) is 14.2 Å². The van der Waals surface area contributed by atoms with Crippen LogP contribution in [0.4, 0.5) is 0 Å². The molecule has 0 N–H and O–H groups in total. The number of cyclic esters (lactones) is 1. The van der Waals surface area contributed by atoms with Crippen LogP contribution in [-0.2, 0) is 24.4 Å². The summed E-state index contributed by atoms with van der Waals surface area (Å²) in [6, 6.07) is 23.8. The highest BCUT2D eigenvalue weighted by Crippen LogP contribution is 2.35. The third-order valence-electron chi connectivity index (χ3n) is 5.70. The van der Waals surface area contributed by atoms with Gasteiger partial charge in [-0.3, -0.25) is 0 Å². The van der Waals surface area contributed by atoms with Crippen LogP contribution in [0.1, 0.15) is 59.7 Å². The van der Waals surface area contributed by atoms with Gasteiger partial charge in [0, 0.05) is 12.5 Å². The lowest BCUT2D eigenvalue weighted by Gasteiger charge is -2.27. The number of carbonyl (C=O) groups excluding carboxylic acids is 1. The number of benzene rings is 3. The van der Waals surface area contributed by atoms with Crippen molar-refractivity contribution in [2.75, 3.05) is 0 Å². The Bertz CT molecular complexity index is 1010. The van der Waals surface area contributed by atoms with Crippen molar-refractivity contribution in [3.63, 3.8) is 0 Å². The van der Waals surface area contributed by atoms with Crippen molar-refractivity contribution in [1.29, 1.82) is 0 Å². The summed E-state index contributed by atoms with van der Waals surface area (Å²) in [5.74, 6) is 0.925. The number of hydrogen-bond acceptors (Lipinski definition) is 4. The second kappa shape index (κ2) is 10.9. The van der Waals surface area contributed by atoms with Gasteiger partial charge in [-0.15, -0.1) is 0 Å². The molecule has 0 saturated carbocycles. The molecule has 0 fully saturated rings. The Morgan fingerprint density at radius 3 is 2.19 bits per heavy atom. The Morgan fingerprint density at radius 1 is 0.875 bits per heavy atom. The van der Waals surface area contributed by atoms with E-state index in [1.165, 1.54) is 0 Å². The van der Waals surface area contributed by atoms with Crippen LogP contribution in [0.25, 0.3) is 0 Å². The normalized spacial score (nSPS) is 15.0. The lowest BCUT2D eigenvalue weighted by Crippen LogP contribution is -2.28. The zero-order chi connectivity index (χ0) is 22.2. The largest absolute Gasteiger partial charge is 0.489 e. The standard InChI is InChI=1S/C28H30O4/c1-2-3-6-15-24-16-23-17-25(30-19-21-11-7-4-8-12-21)18-26(27(23)28(29)32-24)31-20-22-13-9-5-10-14-22/h4-5,7-14,17-18,24H,2-3,6,15-16,19-20H2,1H3/t24-/m1/s1. The van der Waals surface area contributed by atoms with Crippen LogP contribution in [0, 0.1) is 0 Å². The molecule has 4 heteroatoms. The minimum Gasteiger partial charge on any atom is -0.489 e. The Labute approximate surface area is 190 Å². The molecule has 1 heterocycles. The van der Waals surface area contributed by atoms with E-state index in [1.807, 2.05) is 72.8 Å². The monoisotopic (exact) mass is 430 g/mol. The van der Waals surface area contributed by atoms with Crippen LogP contribution >= 0.6 is 0 Å². The Kier molecular flexibility index (Phi) is 7.44. The van der Waals surface area contributed by atoms with Gasteiger partial charge < -0.3 is 14.2 Å². The SMILES string of the molecule is CCCCC[C@@H]1Cc2cc(OCc3ccccc3)cc(OCc3ccccc3)c2C(=O)O1. The van der Waals surface area contributed by atoms with Crippen LogP contribution in [0.3, 0.4) is 0 Å². The fourth-order valence-electron chi connectivity index (χ4n) is 3.99. The minimum atomic E-state index is -0.301. The first-order valence-electron chi connectivity index (χ1n) is 11.4. The topological polar surface area (TPSA) is 44.8 Å². The molecular formula is C28H30O4. The van der Waals surface area contributed by atoms with Crippen LogP contribution in [0.15, 0.2) is 72.8 Å². The smallest absolute Gasteiger partial charge is 0.342 e. The fourth-order valence-corrected chi connectivity index (χ4v) is 3.99. The van der Waals surface area contributed by atoms with E-state index < -0.39 is 0 Å². The molecule has 4 rings (SSSR count). The molecule has 0 amide bonds. The van der Waals surface area contributed by atoms with Gasteiger partial charge in [0.2, 0.25) is 0 Å². The van der Waals surface area contributed by atoms with Crippen LogP contribution < -0.4 is 9.47 Å². The molecule has 0 radical (unpaired) electrons. The molecule has 3 aromatic rings. The van der Waals surface area contributed by atoms with Gasteiger partial charge in [-0.2, -0.15) is 0 Å². The van der Waals surface area contributed by atoms with Gasteiger partial charge in [-0.25, -0.2) is 4.79 Å². The maximum atomic E-state index is 12.9. The average Bonchev–Trinajstić information content (AvgIpc) is 2.82. The first-order chi connectivity index (χ1) is 15.7. The van der Waals surface area contributed by atoms with Gasteiger partial charge in [0.1, 0.15) is 36.4 Å². The minimum absolute atomic E-state index is 0.0899. The second-order valence-corrected chi connectivity index (χ2v) is 8.23. The molecule has 1 aliphatic heterocycles. The predicted molar refractivity (Wildman–Crippen MR) is 125 cm³/mol. The first-order valence-corrected chi connectivity index (χ1v) is 11.4. The molecule has 0 unspecified atom stereocenters. The molecule has 1 atom stereocenters. The molecule has 166 valence electrons. The van der Waals surface area contributed by atoms with Crippen molar-refractivity contribution < 1.29 is 19.0 Å². The summed E-state index contributed by atoms with van der Waals surface area (Å²) in [4.78, 5) is 12.9. The number of hydrogen-bond donors (Lipinski definition) is 0. The highest BCUT2D eigenvalue weighted by Gasteiger charge is 2.30. The van der Waals surface area contributed by atoms with Crippen molar-refractivity contribution in [2.45, 2.75) is 58.3 Å². The summed E-state index contributed by atoms with van der Waals surface area (Å²) in [7, 11) is 0. The molecule has 0 aliphatic carbocycles. The van der Waals surface area contributed by atoms with Crippen LogP contribution in [0.5, 0.6) is 11.5 Å². The zero-order valence-corrected chi connectivity index (χ0v) is 18.6. The zero-order valence-electron chi connectivity index (χ0n) is 18.6. The Balaban J connectivity index is 1.57. The molecule has 0 bridgehead atoms. The quantitative estimate of drug-likeness (QED) is 0.272. The van der Waals surface area contributed by atoms with E-state index >= 15 is 0 Å². The average molecular weight is 431 g/mol. The van der Waals surface area contributed by atoms with E-state index in [2.05, 4.69) is 6.92 Å². The number of carbonyl (C=O) groups is 1. The van der Waals surface area contributed by atoms with Crippen molar-refractivity contribution >= 4 is 5.97 Å². The lowest BCUT2D eigenvalue weighted by atomic mass is 9.94. The number of fused-ring (bicyclic) bond motifs is 1. The van der Waals surface area contributed by atoms with E-state index in [9.17, 15) is 4.79 Å². The second-order valence-electron chi connectivity index (χ2n) is 8.23. The highest BCUT2D eigenvalue weighted by molar-refractivity contribution is 5.95. The molecule has 0 aromatic heterocycles. The molecule has 4 nitrogen and oxygen atoms in total. The third kappa shape index (κ3) is 5.70. The van der Waals surface area contributed by atoms with E-state index in [0.29, 0.717) is 36.7 Å². The fraction of sp³-hybridized carbons (Fsp3) is 0.321. The predicted octanol–water partition coefficient (Wildman–Crippen LogP) is 6.51. The summed E-state index contributed by atoms with van der Waals surface area (Å²) in [5.41, 5.74) is 3.60. The maximum absolute atomic E-state index is 12.9. The van der Waals surface area contributed by atoms with Gasteiger partial charge in [0.15, 0.2) is 0 Å². The third-order valence-corrected chi connectivity index (χ3v) is 5.70. The Morgan fingerprint density at radius 2 is 1.53 bits per heavy atom. The van der Waals surface area contributed by atoms with Crippen molar-refractivity contribution in [3.05, 3.63) is 95.1 Å². The van der Waals surface area contributed by atoms with Crippen LogP contribution in [0.2, 0.25) is 0 Å².